The largest absolute Gasteiger partial charge is 0.361 e. The van der Waals surface area contributed by atoms with E-state index in [4.69, 9.17) is 9.51 Å². The Morgan fingerprint density at radius 2 is 2.00 bits per heavy atom. The van der Waals surface area contributed by atoms with Gasteiger partial charge in [0, 0.05) is 31.2 Å². The molecule has 0 unspecified atom stereocenters. The zero-order chi connectivity index (χ0) is 19.7. The van der Waals surface area contributed by atoms with Crippen molar-refractivity contribution < 1.29 is 9.32 Å². The average molecular weight is 377 g/mol. The Bertz CT molecular complexity index is 977. The summed E-state index contributed by atoms with van der Waals surface area (Å²) in [6, 6.07) is 6.04. The number of aromatic nitrogens is 4. The van der Waals surface area contributed by atoms with Crippen LogP contribution < -0.4 is 0 Å². The predicted octanol–water partition coefficient (Wildman–Crippen LogP) is 3.16. The van der Waals surface area contributed by atoms with Crippen molar-refractivity contribution in [3.05, 3.63) is 59.1 Å². The summed E-state index contributed by atoms with van der Waals surface area (Å²) in [5.74, 6) is 1.84. The van der Waals surface area contributed by atoms with E-state index < -0.39 is 0 Å². The summed E-state index contributed by atoms with van der Waals surface area (Å²) in [5.41, 5.74) is 4.27. The molecule has 1 atom stereocenters. The normalized spacial score (nSPS) is 16.5. The lowest BCUT2D eigenvalue weighted by molar-refractivity contribution is 0.0786. The molecule has 0 bridgehead atoms. The Morgan fingerprint density at radius 1 is 1.21 bits per heavy atom. The molecule has 4 rings (SSSR count). The molecule has 0 aromatic carbocycles. The first-order chi connectivity index (χ1) is 13.5. The van der Waals surface area contributed by atoms with Gasteiger partial charge in [0.05, 0.1) is 22.5 Å². The third-order valence-corrected chi connectivity index (χ3v) is 5.20. The van der Waals surface area contributed by atoms with Crippen LogP contribution in [0.25, 0.3) is 11.3 Å². The van der Waals surface area contributed by atoms with E-state index in [9.17, 15) is 4.79 Å². The van der Waals surface area contributed by atoms with Crippen LogP contribution in [0.5, 0.6) is 0 Å². The molecule has 1 fully saturated rings. The van der Waals surface area contributed by atoms with Gasteiger partial charge in [-0.25, -0.2) is 9.97 Å². The van der Waals surface area contributed by atoms with E-state index in [1.807, 2.05) is 43.9 Å². The molecule has 144 valence electrons. The van der Waals surface area contributed by atoms with E-state index in [2.05, 4.69) is 15.1 Å². The zero-order valence-corrected chi connectivity index (χ0v) is 16.3. The van der Waals surface area contributed by atoms with Gasteiger partial charge in [-0.2, -0.15) is 0 Å². The number of pyridine rings is 1. The molecule has 0 aliphatic carbocycles. The van der Waals surface area contributed by atoms with Gasteiger partial charge in [0.15, 0.2) is 0 Å². The number of rotatable bonds is 4. The molecule has 0 saturated carbocycles. The Hall–Kier alpha value is -3.09. The fourth-order valence-corrected chi connectivity index (χ4v) is 3.75. The number of amides is 1. The number of hydrogen-bond donors (Lipinski definition) is 0. The summed E-state index contributed by atoms with van der Waals surface area (Å²) < 4.78 is 5.27. The van der Waals surface area contributed by atoms with Crippen molar-refractivity contribution in [2.24, 2.45) is 5.92 Å². The fraction of sp³-hybridized carbons (Fsp3) is 0.381. The van der Waals surface area contributed by atoms with E-state index in [1.165, 1.54) is 0 Å². The molecule has 0 radical (unpaired) electrons. The molecule has 1 saturated heterocycles. The van der Waals surface area contributed by atoms with Gasteiger partial charge < -0.3 is 9.42 Å². The van der Waals surface area contributed by atoms with Crippen LogP contribution in [0.1, 0.15) is 39.8 Å². The molecule has 1 aliphatic rings. The second kappa shape index (κ2) is 7.50. The Morgan fingerprint density at radius 3 is 2.71 bits per heavy atom. The molecule has 28 heavy (non-hydrogen) atoms. The molecule has 4 heterocycles. The van der Waals surface area contributed by atoms with E-state index in [0.29, 0.717) is 17.3 Å². The molecule has 7 heteroatoms. The number of likely N-dealkylation sites (tertiary alicyclic amines) is 1. The molecule has 7 nitrogen and oxygen atoms in total. The van der Waals surface area contributed by atoms with Crippen LogP contribution in [-0.2, 0) is 6.42 Å². The molecule has 3 aromatic rings. The number of aryl methyl sites for hydroxylation is 3. The van der Waals surface area contributed by atoms with Gasteiger partial charge in [0.25, 0.3) is 5.91 Å². The fourth-order valence-electron chi connectivity index (χ4n) is 3.75. The van der Waals surface area contributed by atoms with Gasteiger partial charge >= 0.3 is 0 Å². The molecule has 0 N–H and O–H groups in total. The van der Waals surface area contributed by atoms with Crippen molar-refractivity contribution in [2.45, 2.75) is 33.6 Å². The quantitative estimate of drug-likeness (QED) is 0.694. The van der Waals surface area contributed by atoms with Crippen LogP contribution in [0.3, 0.4) is 0 Å². The Balaban J connectivity index is 1.44. The lowest BCUT2D eigenvalue weighted by Crippen LogP contribution is -2.29. The molecule has 3 aromatic heterocycles. The van der Waals surface area contributed by atoms with Crippen LogP contribution in [0.15, 0.2) is 35.1 Å². The third kappa shape index (κ3) is 3.65. The van der Waals surface area contributed by atoms with E-state index in [1.54, 1.807) is 12.4 Å². The summed E-state index contributed by atoms with van der Waals surface area (Å²) in [4.78, 5) is 27.6. The summed E-state index contributed by atoms with van der Waals surface area (Å²) in [5, 5.41) is 4.02. The van der Waals surface area contributed by atoms with Gasteiger partial charge in [-0.15, -0.1) is 0 Å². The molecule has 1 amide bonds. The maximum atomic E-state index is 12.7. The van der Waals surface area contributed by atoms with Crippen molar-refractivity contribution in [2.75, 3.05) is 13.1 Å². The zero-order valence-electron chi connectivity index (χ0n) is 16.3. The van der Waals surface area contributed by atoms with Crippen molar-refractivity contribution in [3.63, 3.8) is 0 Å². The van der Waals surface area contributed by atoms with Crippen molar-refractivity contribution in [1.29, 1.82) is 0 Å². The topological polar surface area (TPSA) is 85.0 Å². The first kappa shape index (κ1) is 18.3. The standard InChI is InChI=1S/C21H23N5O2/c1-13-20(14(2)28-25-13)19-6-4-5-18(24-19)9-16-7-8-26(12-16)21(27)17-10-22-15(3)23-11-17/h4-6,10-11,16H,7-9,12H2,1-3H3/t16-/m0/s1. The summed E-state index contributed by atoms with van der Waals surface area (Å²) >= 11 is 0. The number of carbonyl (C=O) groups excluding carboxylic acids is 1. The summed E-state index contributed by atoms with van der Waals surface area (Å²) in [6.45, 7) is 7.11. The maximum Gasteiger partial charge on any atom is 0.256 e. The third-order valence-electron chi connectivity index (χ3n) is 5.20. The highest BCUT2D eigenvalue weighted by Crippen LogP contribution is 2.27. The van der Waals surface area contributed by atoms with E-state index in [0.717, 1.165) is 54.3 Å². The van der Waals surface area contributed by atoms with Gasteiger partial charge in [0.2, 0.25) is 0 Å². The predicted molar refractivity (Wildman–Crippen MR) is 104 cm³/mol. The number of hydrogen-bond acceptors (Lipinski definition) is 6. The second-order valence-corrected chi connectivity index (χ2v) is 7.34. The number of carbonyl (C=O) groups is 1. The SMILES string of the molecule is Cc1ncc(C(=O)N2CC[C@@H](Cc3cccc(-c4c(C)noc4C)n3)C2)cn1. The Labute approximate surface area is 163 Å². The first-order valence-electron chi connectivity index (χ1n) is 9.48. The van der Waals surface area contributed by atoms with Crippen LogP contribution in [0.2, 0.25) is 0 Å². The van der Waals surface area contributed by atoms with Crippen molar-refractivity contribution >= 4 is 5.91 Å². The van der Waals surface area contributed by atoms with Gasteiger partial charge in [-0.1, -0.05) is 11.2 Å². The van der Waals surface area contributed by atoms with Crippen molar-refractivity contribution in [1.82, 2.24) is 25.0 Å². The Kier molecular flexibility index (Phi) is 4.90. The van der Waals surface area contributed by atoms with Crippen LogP contribution in [0, 0.1) is 26.7 Å². The molecule has 0 spiro atoms. The minimum Gasteiger partial charge on any atom is -0.361 e. The van der Waals surface area contributed by atoms with Crippen LogP contribution in [-0.4, -0.2) is 44.0 Å². The molecular formula is C21H23N5O2. The summed E-state index contributed by atoms with van der Waals surface area (Å²) in [6.07, 6.45) is 5.01. The van der Waals surface area contributed by atoms with Gasteiger partial charge in [0.1, 0.15) is 11.6 Å². The first-order valence-corrected chi connectivity index (χ1v) is 9.48. The molecular weight excluding hydrogens is 354 g/mol. The maximum absolute atomic E-state index is 12.7. The number of nitrogens with zero attached hydrogens (tertiary/aromatic N) is 5. The highest BCUT2D eigenvalue weighted by molar-refractivity contribution is 5.93. The van der Waals surface area contributed by atoms with Crippen molar-refractivity contribution in [3.8, 4) is 11.3 Å². The summed E-state index contributed by atoms with van der Waals surface area (Å²) in [7, 11) is 0. The minimum absolute atomic E-state index is 0.0000639. The van der Waals surface area contributed by atoms with Crippen LogP contribution >= 0.6 is 0 Å². The van der Waals surface area contributed by atoms with E-state index >= 15 is 0 Å². The van der Waals surface area contributed by atoms with Gasteiger partial charge in [-0.3, -0.25) is 9.78 Å². The van der Waals surface area contributed by atoms with Gasteiger partial charge in [-0.05, 0) is 51.7 Å². The van der Waals surface area contributed by atoms with E-state index in [-0.39, 0.29) is 5.91 Å². The lowest BCUT2D eigenvalue weighted by atomic mass is 10.0. The van der Waals surface area contributed by atoms with Crippen LogP contribution in [0.4, 0.5) is 0 Å². The molecule has 1 aliphatic heterocycles. The highest BCUT2D eigenvalue weighted by atomic mass is 16.5. The lowest BCUT2D eigenvalue weighted by Gasteiger charge is -2.16. The average Bonchev–Trinajstić information content (AvgIpc) is 3.28. The minimum atomic E-state index is -0.0000639. The smallest absolute Gasteiger partial charge is 0.256 e. The second-order valence-electron chi connectivity index (χ2n) is 7.34. The monoisotopic (exact) mass is 377 g/mol. The highest BCUT2D eigenvalue weighted by Gasteiger charge is 2.28.